The molecule has 0 fully saturated rings. The quantitative estimate of drug-likeness (QED) is 0.245. The highest BCUT2D eigenvalue weighted by molar-refractivity contribution is 6.01. The maximum Gasteiger partial charge on any atom is 0.251 e. The van der Waals surface area contributed by atoms with Crippen LogP contribution in [0.1, 0.15) is 48.3 Å². The van der Waals surface area contributed by atoms with Gasteiger partial charge in [-0.25, -0.2) is 4.39 Å². The number of amides is 1. The van der Waals surface area contributed by atoms with Crippen LogP contribution in [0.4, 0.5) is 4.39 Å². The van der Waals surface area contributed by atoms with Gasteiger partial charge in [-0.15, -0.1) is 0 Å². The molecule has 3 aromatic rings. The van der Waals surface area contributed by atoms with Gasteiger partial charge in [0.25, 0.3) is 5.91 Å². The Morgan fingerprint density at radius 3 is 2.52 bits per heavy atom. The topological polar surface area (TPSA) is 60.2 Å². The number of carbonyl (C=O) groups is 1. The first-order valence-corrected chi connectivity index (χ1v) is 14.2. The van der Waals surface area contributed by atoms with E-state index in [9.17, 15) is 14.3 Å². The smallest absolute Gasteiger partial charge is 0.251 e. The van der Waals surface area contributed by atoms with Crippen LogP contribution in [0.25, 0.3) is 5.70 Å². The number of phenols is 1. The standard InChI is InChI=1S/C35H40FN3O3/c1-7-30-11-8-10-26(4)39(30)34(29-14-15-32(36)24(2)21-29)27(5)35(41)38(22-28-13-16-33(40)25(3)20-28)18-17-37(6)23-31-12-9-19-42-31/h8-16,19-21,40H,4,7,17-18,22-23H2,1-3,5-6H3/b34-27+. The van der Waals surface area contributed by atoms with Crippen LogP contribution in [-0.2, 0) is 17.9 Å². The fourth-order valence-electron chi connectivity index (χ4n) is 5.14. The number of aryl methyl sites for hydroxylation is 2. The minimum Gasteiger partial charge on any atom is -0.508 e. The van der Waals surface area contributed by atoms with Gasteiger partial charge in [0.05, 0.1) is 18.5 Å². The SMILES string of the molecule is C=C1C=CC=C(CC)N1/C(=C(\C)C(=O)N(CCN(C)Cc1ccco1)Cc1ccc(O)c(C)c1)c1ccc(F)c(C)c1. The van der Waals surface area contributed by atoms with Crippen LogP contribution in [0.3, 0.4) is 0 Å². The van der Waals surface area contributed by atoms with Gasteiger partial charge in [-0.1, -0.05) is 31.7 Å². The molecule has 1 aliphatic heterocycles. The van der Waals surface area contributed by atoms with Crippen LogP contribution in [0.2, 0.25) is 0 Å². The van der Waals surface area contributed by atoms with Gasteiger partial charge in [0.2, 0.25) is 0 Å². The van der Waals surface area contributed by atoms with Crippen LogP contribution in [0, 0.1) is 19.7 Å². The van der Waals surface area contributed by atoms with Crippen molar-refractivity contribution in [1.82, 2.24) is 14.7 Å². The molecule has 0 spiro atoms. The molecule has 0 saturated carbocycles. The first-order valence-electron chi connectivity index (χ1n) is 14.2. The van der Waals surface area contributed by atoms with Gasteiger partial charge in [-0.05, 0) is 105 Å². The van der Waals surface area contributed by atoms with E-state index in [1.165, 1.54) is 6.07 Å². The summed E-state index contributed by atoms with van der Waals surface area (Å²) in [6.07, 6.45) is 8.26. The molecule has 0 bridgehead atoms. The van der Waals surface area contributed by atoms with Crippen LogP contribution in [0.15, 0.2) is 101 Å². The normalized spacial score (nSPS) is 13.8. The number of nitrogens with zero attached hydrogens (tertiary/aromatic N) is 3. The molecule has 0 atom stereocenters. The molecule has 2 aromatic carbocycles. The van der Waals surface area contributed by atoms with Crippen molar-refractivity contribution in [3.8, 4) is 5.75 Å². The second kappa shape index (κ2) is 13.5. The maximum atomic E-state index is 14.5. The van der Waals surface area contributed by atoms with E-state index in [0.29, 0.717) is 43.0 Å². The summed E-state index contributed by atoms with van der Waals surface area (Å²) in [6, 6.07) is 14.1. The van der Waals surface area contributed by atoms with E-state index in [-0.39, 0.29) is 17.5 Å². The van der Waals surface area contributed by atoms with E-state index in [2.05, 4.69) is 18.4 Å². The van der Waals surface area contributed by atoms with Gasteiger partial charge in [0, 0.05) is 36.6 Å². The lowest BCUT2D eigenvalue weighted by molar-refractivity contribution is -0.127. The first-order chi connectivity index (χ1) is 20.1. The Morgan fingerprint density at radius 1 is 1.07 bits per heavy atom. The Balaban J connectivity index is 1.75. The van der Waals surface area contributed by atoms with E-state index in [1.807, 2.05) is 73.2 Å². The zero-order valence-corrected chi connectivity index (χ0v) is 25.2. The zero-order chi connectivity index (χ0) is 30.4. The summed E-state index contributed by atoms with van der Waals surface area (Å²) in [5.41, 5.74) is 5.84. The number of hydrogen-bond donors (Lipinski definition) is 1. The predicted octanol–water partition coefficient (Wildman–Crippen LogP) is 7.31. The Bertz CT molecular complexity index is 1530. The molecule has 1 amide bonds. The van der Waals surface area contributed by atoms with Crippen molar-refractivity contribution in [2.24, 2.45) is 0 Å². The Kier molecular flexibility index (Phi) is 9.86. The predicted molar refractivity (Wildman–Crippen MR) is 166 cm³/mol. The number of likely N-dealkylation sites (N-methyl/N-ethyl adjacent to an activating group) is 1. The number of phenolic OH excluding ortho intramolecular Hbond substituents is 1. The Hall–Kier alpha value is -4.36. The van der Waals surface area contributed by atoms with Crippen molar-refractivity contribution < 1.29 is 18.7 Å². The number of benzene rings is 2. The molecule has 0 radical (unpaired) electrons. The third-order valence-corrected chi connectivity index (χ3v) is 7.52. The molecule has 1 aliphatic rings. The summed E-state index contributed by atoms with van der Waals surface area (Å²) in [6.45, 7) is 13.8. The summed E-state index contributed by atoms with van der Waals surface area (Å²) >= 11 is 0. The van der Waals surface area contributed by atoms with Gasteiger partial charge in [0.1, 0.15) is 17.3 Å². The van der Waals surface area contributed by atoms with E-state index < -0.39 is 0 Å². The number of hydrogen-bond acceptors (Lipinski definition) is 5. The van der Waals surface area contributed by atoms with E-state index >= 15 is 0 Å². The van der Waals surface area contributed by atoms with Gasteiger partial charge in [-0.2, -0.15) is 0 Å². The fourth-order valence-corrected chi connectivity index (χ4v) is 5.14. The Labute approximate surface area is 248 Å². The minimum absolute atomic E-state index is 0.137. The van der Waals surface area contributed by atoms with Gasteiger partial charge in [0.15, 0.2) is 0 Å². The zero-order valence-electron chi connectivity index (χ0n) is 25.2. The molecule has 0 saturated heterocycles. The molecule has 2 heterocycles. The van der Waals surface area contributed by atoms with Gasteiger partial charge >= 0.3 is 0 Å². The molecule has 0 unspecified atom stereocenters. The number of halogens is 1. The second-order valence-electron chi connectivity index (χ2n) is 10.8. The van der Waals surface area contributed by atoms with E-state index in [0.717, 1.165) is 40.3 Å². The number of aromatic hydroxyl groups is 1. The number of carbonyl (C=O) groups excluding carboxylic acids is 1. The largest absolute Gasteiger partial charge is 0.508 e. The highest BCUT2D eigenvalue weighted by Crippen LogP contribution is 2.35. The van der Waals surface area contributed by atoms with Crippen molar-refractivity contribution >= 4 is 11.6 Å². The Morgan fingerprint density at radius 2 is 1.86 bits per heavy atom. The molecule has 220 valence electrons. The molecule has 1 N–H and O–H groups in total. The summed E-state index contributed by atoms with van der Waals surface area (Å²) in [5.74, 6) is 0.636. The highest BCUT2D eigenvalue weighted by atomic mass is 19.1. The lowest BCUT2D eigenvalue weighted by Gasteiger charge is -2.34. The van der Waals surface area contributed by atoms with Crippen molar-refractivity contribution in [1.29, 1.82) is 0 Å². The van der Waals surface area contributed by atoms with Crippen LogP contribution >= 0.6 is 0 Å². The minimum atomic E-state index is -0.297. The molecular formula is C35H40FN3O3. The number of allylic oxidation sites excluding steroid dienone is 4. The molecular weight excluding hydrogens is 529 g/mol. The maximum absolute atomic E-state index is 14.5. The van der Waals surface area contributed by atoms with Gasteiger partial charge < -0.3 is 19.3 Å². The molecule has 0 aliphatic carbocycles. The van der Waals surface area contributed by atoms with Crippen molar-refractivity contribution in [2.75, 3.05) is 20.1 Å². The molecule has 7 heteroatoms. The highest BCUT2D eigenvalue weighted by Gasteiger charge is 2.27. The third-order valence-electron chi connectivity index (χ3n) is 7.52. The van der Waals surface area contributed by atoms with E-state index in [4.69, 9.17) is 4.42 Å². The summed E-state index contributed by atoms with van der Waals surface area (Å²) in [5, 5.41) is 10.1. The number of furan rings is 1. The lowest BCUT2D eigenvalue weighted by atomic mass is 9.99. The first kappa shape index (κ1) is 30.6. The fraction of sp³-hybridized carbons (Fsp3) is 0.286. The van der Waals surface area contributed by atoms with Crippen molar-refractivity contribution in [3.63, 3.8) is 0 Å². The van der Waals surface area contributed by atoms with E-state index in [1.54, 1.807) is 31.4 Å². The van der Waals surface area contributed by atoms with Gasteiger partial charge in [-0.3, -0.25) is 9.69 Å². The van der Waals surface area contributed by atoms with Crippen LogP contribution < -0.4 is 0 Å². The third kappa shape index (κ3) is 7.09. The molecule has 4 rings (SSSR count). The number of rotatable bonds is 11. The summed E-state index contributed by atoms with van der Waals surface area (Å²) in [7, 11) is 1.99. The van der Waals surface area contributed by atoms with Crippen LogP contribution in [0.5, 0.6) is 5.75 Å². The van der Waals surface area contributed by atoms with Crippen LogP contribution in [-0.4, -0.2) is 45.9 Å². The lowest BCUT2D eigenvalue weighted by Crippen LogP contribution is -2.38. The van der Waals surface area contributed by atoms with Crippen molar-refractivity contribution in [2.45, 2.75) is 47.2 Å². The average molecular weight is 570 g/mol. The average Bonchev–Trinajstić information content (AvgIpc) is 3.48. The molecule has 1 aromatic heterocycles. The summed E-state index contributed by atoms with van der Waals surface area (Å²) < 4.78 is 19.9. The summed E-state index contributed by atoms with van der Waals surface area (Å²) in [4.78, 5) is 20.4. The van der Waals surface area contributed by atoms with Crippen molar-refractivity contribution in [3.05, 3.63) is 130 Å². The second-order valence-corrected chi connectivity index (χ2v) is 10.8. The monoisotopic (exact) mass is 569 g/mol. The molecule has 42 heavy (non-hydrogen) atoms. The molecule has 6 nitrogen and oxygen atoms in total.